The maximum atomic E-state index is 14.0. The van der Waals surface area contributed by atoms with Gasteiger partial charge in [0.1, 0.15) is 11.9 Å². The van der Waals surface area contributed by atoms with E-state index in [0.29, 0.717) is 16.9 Å². The van der Waals surface area contributed by atoms with Gasteiger partial charge >= 0.3 is 0 Å². The molecule has 0 heterocycles. The van der Waals surface area contributed by atoms with Crippen LogP contribution in [0.1, 0.15) is 24.4 Å². The zero-order valence-corrected chi connectivity index (χ0v) is 12.8. The van der Waals surface area contributed by atoms with Crippen LogP contribution in [0.25, 0.3) is 0 Å². The SMILES string of the molecule is CN(CC(O)C1CC1)C(C(N)=O)c1ccc(Br)cc1F. The summed E-state index contributed by atoms with van der Waals surface area (Å²) in [6.45, 7) is 0.299. The summed E-state index contributed by atoms with van der Waals surface area (Å²) < 4.78 is 14.6. The van der Waals surface area contributed by atoms with Crippen LogP contribution in [0.3, 0.4) is 0 Å². The van der Waals surface area contributed by atoms with Crippen LogP contribution in [0.4, 0.5) is 4.39 Å². The van der Waals surface area contributed by atoms with Crippen molar-refractivity contribution in [3.8, 4) is 0 Å². The molecule has 2 unspecified atom stereocenters. The van der Waals surface area contributed by atoms with Crippen molar-refractivity contribution in [3.63, 3.8) is 0 Å². The summed E-state index contributed by atoms with van der Waals surface area (Å²) in [5.41, 5.74) is 5.63. The number of carbonyl (C=O) groups is 1. The second-order valence-corrected chi connectivity index (χ2v) is 6.23. The van der Waals surface area contributed by atoms with E-state index in [2.05, 4.69) is 15.9 Å². The minimum Gasteiger partial charge on any atom is -0.392 e. The molecule has 3 N–H and O–H groups in total. The van der Waals surface area contributed by atoms with Gasteiger partial charge < -0.3 is 10.8 Å². The lowest BCUT2D eigenvalue weighted by Gasteiger charge is -2.28. The Hall–Kier alpha value is -0.980. The largest absolute Gasteiger partial charge is 0.392 e. The van der Waals surface area contributed by atoms with E-state index in [1.165, 1.54) is 12.1 Å². The van der Waals surface area contributed by atoms with Crippen LogP contribution in [0.15, 0.2) is 22.7 Å². The minimum absolute atomic E-state index is 0.228. The monoisotopic (exact) mass is 344 g/mol. The molecule has 1 saturated carbocycles. The van der Waals surface area contributed by atoms with Gasteiger partial charge in [-0.2, -0.15) is 0 Å². The van der Waals surface area contributed by atoms with Crippen LogP contribution in [0.5, 0.6) is 0 Å². The molecule has 0 aromatic heterocycles. The fraction of sp³-hybridized carbons (Fsp3) is 0.500. The molecule has 0 radical (unpaired) electrons. The summed E-state index contributed by atoms with van der Waals surface area (Å²) in [6.07, 6.45) is 1.51. The molecule has 0 bridgehead atoms. The number of amides is 1. The molecule has 6 heteroatoms. The number of carbonyl (C=O) groups excluding carboxylic acids is 1. The Morgan fingerprint density at radius 2 is 2.25 bits per heavy atom. The van der Waals surface area contributed by atoms with Gasteiger partial charge in [0.15, 0.2) is 0 Å². The van der Waals surface area contributed by atoms with Crippen molar-refractivity contribution in [2.24, 2.45) is 11.7 Å². The predicted molar refractivity (Wildman–Crippen MR) is 77.4 cm³/mol. The van der Waals surface area contributed by atoms with E-state index in [9.17, 15) is 14.3 Å². The highest BCUT2D eigenvalue weighted by Gasteiger charge is 2.33. The molecule has 1 aliphatic rings. The Morgan fingerprint density at radius 1 is 1.60 bits per heavy atom. The van der Waals surface area contributed by atoms with Crippen LogP contribution < -0.4 is 5.73 Å². The molecule has 20 heavy (non-hydrogen) atoms. The second kappa shape index (κ2) is 6.20. The zero-order valence-electron chi connectivity index (χ0n) is 11.2. The lowest BCUT2D eigenvalue weighted by atomic mass is 10.0. The fourth-order valence-corrected chi connectivity index (χ4v) is 2.69. The van der Waals surface area contributed by atoms with Crippen LogP contribution in [-0.4, -0.2) is 35.6 Å². The first-order valence-corrected chi connectivity index (χ1v) is 7.32. The van der Waals surface area contributed by atoms with Crippen LogP contribution in [0.2, 0.25) is 0 Å². The molecule has 1 fully saturated rings. The van der Waals surface area contributed by atoms with Crippen molar-refractivity contribution in [3.05, 3.63) is 34.1 Å². The maximum Gasteiger partial charge on any atom is 0.239 e. The van der Waals surface area contributed by atoms with Crippen molar-refractivity contribution in [2.75, 3.05) is 13.6 Å². The van der Waals surface area contributed by atoms with Gasteiger partial charge in [-0.15, -0.1) is 0 Å². The highest BCUT2D eigenvalue weighted by molar-refractivity contribution is 9.10. The molecule has 1 aromatic carbocycles. The topological polar surface area (TPSA) is 66.6 Å². The number of nitrogens with two attached hydrogens (primary N) is 1. The number of likely N-dealkylation sites (N-methyl/N-ethyl adjacent to an activating group) is 1. The van der Waals surface area contributed by atoms with E-state index >= 15 is 0 Å². The average molecular weight is 345 g/mol. The number of rotatable bonds is 6. The van der Waals surface area contributed by atoms with Gasteiger partial charge in [-0.1, -0.05) is 22.0 Å². The third-order valence-corrected chi connectivity index (χ3v) is 4.10. The molecule has 0 aliphatic heterocycles. The first kappa shape index (κ1) is 15.4. The smallest absolute Gasteiger partial charge is 0.239 e. The number of aliphatic hydroxyl groups excluding tert-OH is 1. The summed E-state index contributed by atoms with van der Waals surface area (Å²) >= 11 is 3.18. The molecule has 1 amide bonds. The minimum atomic E-state index is -0.878. The van der Waals surface area contributed by atoms with Crippen LogP contribution >= 0.6 is 15.9 Å². The number of hydrogen-bond donors (Lipinski definition) is 2. The van der Waals surface area contributed by atoms with Crippen molar-refractivity contribution >= 4 is 21.8 Å². The molecule has 2 atom stereocenters. The molecule has 2 rings (SSSR count). The third-order valence-electron chi connectivity index (χ3n) is 3.61. The van der Waals surface area contributed by atoms with E-state index in [-0.39, 0.29) is 5.56 Å². The summed E-state index contributed by atoms with van der Waals surface area (Å²) in [7, 11) is 1.67. The van der Waals surface area contributed by atoms with Crippen LogP contribution in [-0.2, 0) is 4.79 Å². The number of nitrogens with zero attached hydrogens (tertiary/aromatic N) is 1. The van der Waals surface area contributed by atoms with E-state index in [1.807, 2.05) is 0 Å². The summed E-state index contributed by atoms with van der Waals surface area (Å²) in [6, 6.07) is 3.63. The maximum absolute atomic E-state index is 14.0. The summed E-state index contributed by atoms with van der Waals surface area (Å²) in [5, 5.41) is 9.96. The number of benzene rings is 1. The standard InChI is InChI=1S/C14H18BrFN2O2/c1-18(7-12(19)8-2-3-8)13(14(17)20)10-5-4-9(15)6-11(10)16/h4-6,8,12-13,19H,2-3,7H2,1H3,(H2,17,20). The first-order valence-electron chi connectivity index (χ1n) is 6.52. The van der Waals surface area contributed by atoms with E-state index in [4.69, 9.17) is 5.73 Å². The average Bonchev–Trinajstić information content (AvgIpc) is 3.15. The predicted octanol–water partition coefficient (Wildman–Crippen LogP) is 1.82. The Bertz CT molecular complexity index is 508. The van der Waals surface area contributed by atoms with Gasteiger partial charge in [-0.05, 0) is 37.9 Å². The molecular formula is C14H18BrFN2O2. The number of aliphatic hydroxyl groups is 1. The highest BCUT2D eigenvalue weighted by Crippen LogP contribution is 2.34. The Kier molecular flexibility index (Phi) is 4.78. The van der Waals surface area contributed by atoms with Gasteiger partial charge in [0.2, 0.25) is 5.91 Å². The van der Waals surface area contributed by atoms with Gasteiger partial charge in [-0.25, -0.2) is 4.39 Å². The van der Waals surface area contributed by atoms with E-state index in [1.54, 1.807) is 18.0 Å². The van der Waals surface area contributed by atoms with Gasteiger partial charge in [0.25, 0.3) is 0 Å². The Balaban J connectivity index is 2.18. The fourth-order valence-electron chi connectivity index (χ4n) is 2.36. The molecule has 4 nitrogen and oxygen atoms in total. The summed E-state index contributed by atoms with van der Waals surface area (Å²) in [5.74, 6) is -0.826. The van der Waals surface area contributed by atoms with E-state index in [0.717, 1.165) is 12.8 Å². The first-order chi connectivity index (χ1) is 9.40. The zero-order chi connectivity index (χ0) is 14.9. The molecule has 0 saturated heterocycles. The third kappa shape index (κ3) is 3.56. The highest BCUT2D eigenvalue weighted by atomic mass is 79.9. The lowest BCUT2D eigenvalue weighted by molar-refractivity contribution is -0.123. The Morgan fingerprint density at radius 3 is 2.75 bits per heavy atom. The van der Waals surface area contributed by atoms with Gasteiger partial charge in [0, 0.05) is 16.6 Å². The second-order valence-electron chi connectivity index (χ2n) is 5.32. The van der Waals surface area contributed by atoms with Crippen molar-refractivity contribution in [2.45, 2.75) is 25.0 Å². The number of halogens is 2. The normalized spacial score (nSPS) is 18.1. The van der Waals surface area contributed by atoms with Gasteiger partial charge in [0.05, 0.1) is 6.10 Å². The lowest BCUT2D eigenvalue weighted by Crippen LogP contribution is -2.40. The van der Waals surface area contributed by atoms with E-state index < -0.39 is 23.9 Å². The number of primary amides is 1. The molecule has 110 valence electrons. The van der Waals surface area contributed by atoms with Crippen LogP contribution in [0, 0.1) is 11.7 Å². The molecular weight excluding hydrogens is 327 g/mol. The molecule has 1 aromatic rings. The number of hydrogen-bond acceptors (Lipinski definition) is 3. The molecule has 1 aliphatic carbocycles. The quantitative estimate of drug-likeness (QED) is 0.827. The Labute approximate surface area is 125 Å². The molecule has 0 spiro atoms. The van der Waals surface area contributed by atoms with Crippen molar-refractivity contribution in [1.29, 1.82) is 0 Å². The van der Waals surface area contributed by atoms with Gasteiger partial charge in [-0.3, -0.25) is 9.69 Å². The summed E-state index contributed by atoms with van der Waals surface area (Å²) in [4.78, 5) is 13.3. The van der Waals surface area contributed by atoms with Crippen molar-refractivity contribution < 1.29 is 14.3 Å². The van der Waals surface area contributed by atoms with Crippen molar-refractivity contribution in [1.82, 2.24) is 4.90 Å².